The van der Waals surface area contributed by atoms with Crippen molar-refractivity contribution in [1.82, 2.24) is 5.32 Å². The molecule has 3 N–H and O–H groups in total. The molecule has 0 spiro atoms. The molecule has 5 heteroatoms. The largest absolute Gasteiger partial charge is 0.353 e. The summed E-state index contributed by atoms with van der Waals surface area (Å²) in [6.45, 7) is 4.43. The number of halogens is 1. The highest BCUT2D eigenvalue weighted by molar-refractivity contribution is 9.10. The van der Waals surface area contributed by atoms with E-state index in [-0.39, 0.29) is 5.91 Å². The second-order valence-corrected chi connectivity index (χ2v) is 6.66. The molecule has 0 aliphatic heterocycles. The van der Waals surface area contributed by atoms with Gasteiger partial charge < -0.3 is 11.1 Å². The van der Waals surface area contributed by atoms with E-state index in [0.29, 0.717) is 11.8 Å². The molecule has 2 unspecified atom stereocenters. The van der Waals surface area contributed by atoms with Crippen molar-refractivity contribution in [2.75, 3.05) is 12.8 Å². The maximum Gasteiger partial charge on any atom is 0.244 e. The molecule has 18 heavy (non-hydrogen) atoms. The molecule has 1 amide bonds. The number of carbonyl (C=O) groups excluding carboxylic acids is 1. The van der Waals surface area contributed by atoms with Crippen LogP contribution in [-0.4, -0.2) is 24.0 Å². The van der Waals surface area contributed by atoms with Gasteiger partial charge >= 0.3 is 0 Å². The molecular formula is C13H19BrN2OS. The molecule has 0 aliphatic carbocycles. The van der Waals surface area contributed by atoms with Crippen LogP contribution in [0.2, 0.25) is 0 Å². The van der Waals surface area contributed by atoms with Crippen molar-refractivity contribution in [1.29, 1.82) is 0 Å². The molecule has 0 aromatic heterocycles. The molecule has 0 radical (unpaired) electrons. The molecule has 1 aromatic carbocycles. The normalized spacial score (nSPS) is 15.8. The zero-order valence-corrected chi connectivity index (χ0v) is 13.3. The first-order valence-electron chi connectivity index (χ1n) is 5.74. The maximum absolute atomic E-state index is 12.1. The van der Waals surface area contributed by atoms with Crippen molar-refractivity contribution in [2.24, 2.45) is 5.73 Å². The number of hydrogen-bond donors (Lipinski definition) is 2. The van der Waals surface area contributed by atoms with E-state index in [4.69, 9.17) is 5.73 Å². The number of benzene rings is 1. The Labute approximate surface area is 121 Å². The summed E-state index contributed by atoms with van der Waals surface area (Å²) >= 11 is 5.08. The highest BCUT2D eigenvalue weighted by Gasteiger charge is 2.30. The lowest BCUT2D eigenvalue weighted by Crippen LogP contribution is -2.50. The smallest absolute Gasteiger partial charge is 0.244 e. The van der Waals surface area contributed by atoms with Crippen LogP contribution in [0.5, 0.6) is 0 Å². The monoisotopic (exact) mass is 330 g/mol. The van der Waals surface area contributed by atoms with E-state index in [1.165, 1.54) is 0 Å². The topological polar surface area (TPSA) is 55.1 Å². The van der Waals surface area contributed by atoms with Crippen LogP contribution in [0.3, 0.4) is 0 Å². The van der Waals surface area contributed by atoms with E-state index in [1.54, 1.807) is 18.7 Å². The highest BCUT2D eigenvalue weighted by atomic mass is 79.9. The fraction of sp³-hybridized carbons (Fsp3) is 0.462. The molecule has 0 bridgehead atoms. The van der Waals surface area contributed by atoms with Crippen LogP contribution in [0.15, 0.2) is 28.7 Å². The number of hydrogen-bond acceptors (Lipinski definition) is 3. The lowest BCUT2D eigenvalue weighted by Gasteiger charge is -2.25. The van der Waals surface area contributed by atoms with Gasteiger partial charge in [-0.25, -0.2) is 0 Å². The van der Waals surface area contributed by atoms with Gasteiger partial charge in [-0.1, -0.05) is 35.0 Å². The van der Waals surface area contributed by atoms with Gasteiger partial charge in [0.1, 0.15) is 5.54 Å². The fourth-order valence-corrected chi connectivity index (χ4v) is 1.94. The van der Waals surface area contributed by atoms with E-state index < -0.39 is 5.54 Å². The Morgan fingerprint density at radius 1 is 1.50 bits per heavy atom. The number of rotatable bonds is 5. The van der Waals surface area contributed by atoms with Crippen LogP contribution in [0.25, 0.3) is 0 Å². The summed E-state index contributed by atoms with van der Waals surface area (Å²) in [6, 6.07) is 7.50. The van der Waals surface area contributed by atoms with Gasteiger partial charge in [-0.2, -0.15) is 11.8 Å². The highest BCUT2D eigenvalue weighted by Crippen LogP contribution is 2.20. The molecule has 0 saturated heterocycles. The third kappa shape index (κ3) is 4.00. The van der Waals surface area contributed by atoms with E-state index in [2.05, 4.69) is 28.2 Å². The maximum atomic E-state index is 12.1. The summed E-state index contributed by atoms with van der Waals surface area (Å²) in [5.41, 5.74) is 5.93. The Morgan fingerprint density at radius 2 is 2.06 bits per heavy atom. The summed E-state index contributed by atoms with van der Waals surface area (Å²) in [4.78, 5) is 12.1. The molecule has 0 aliphatic rings. The Hall–Kier alpha value is -0.520. The Bertz CT molecular complexity index is 406. The molecule has 0 heterocycles. The number of nitrogens with one attached hydrogen (secondary N) is 1. The van der Waals surface area contributed by atoms with E-state index in [1.807, 2.05) is 30.5 Å². The van der Waals surface area contributed by atoms with Crippen molar-refractivity contribution in [3.8, 4) is 0 Å². The molecule has 1 aromatic rings. The summed E-state index contributed by atoms with van der Waals surface area (Å²) in [5, 5.41) is 3.27. The number of thioether (sulfide) groups is 1. The average Bonchev–Trinajstić information content (AvgIpc) is 2.35. The van der Waals surface area contributed by atoms with Crippen molar-refractivity contribution < 1.29 is 4.79 Å². The lowest BCUT2D eigenvalue weighted by molar-refractivity contribution is -0.126. The van der Waals surface area contributed by atoms with Crippen LogP contribution in [0, 0.1) is 0 Å². The van der Waals surface area contributed by atoms with Gasteiger partial charge in [0.2, 0.25) is 5.91 Å². The summed E-state index contributed by atoms with van der Waals surface area (Å²) in [7, 11) is 0. The minimum absolute atomic E-state index is 0.147. The lowest BCUT2D eigenvalue weighted by atomic mass is 9.92. The van der Waals surface area contributed by atoms with Crippen molar-refractivity contribution >= 4 is 33.6 Å². The van der Waals surface area contributed by atoms with Crippen LogP contribution < -0.4 is 11.1 Å². The third-order valence-corrected chi connectivity index (χ3v) is 4.37. The van der Waals surface area contributed by atoms with E-state index in [0.717, 1.165) is 10.0 Å². The van der Waals surface area contributed by atoms with Crippen LogP contribution in [-0.2, 0) is 10.3 Å². The van der Waals surface area contributed by atoms with Crippen LogP contribution in [0.4, 0.5) is 0 Å². The predicted octanol–water partition coefficient (Wildman–Crippen LogP) is 2.49. The molecule has 100 valence electrons. The molecule has 0 fully saturated rings. The van der Waals surface area contributed by atoms with Gasteiger partial charge in [0, 0.05) is 16.3 Å². The Balaban J connectivity index is 2.73. The van der Waals surface area contributed by atoms with Crippen molar-refractivity contribution in [3.63, 3.8) is 0 Å². The number of carbonyl (C=O) groups is 1. The second kappa shape index (κ2) is 6.59. The van der Waals surface area contributed by atoms with Gasteiger partial charge in [-0.3, -0.25) is 4.79 Å². The zero-order valence-electron chi connectivity index (χ0n) is 10.9. The standard InChI is InChI=1S/C13H19BrN2OS/c1-9(18-3)8-16-12(17)13(2,15)10-4-6-11(14)7-5-10/h4-7,9H,8,15H2,1-3H3,(H,16,17). The zero-order chi connectivity index (χ0) is 13.8. The third-order valence-electron chi connectivity index (χ3n) is 2.87. The first-order chi connectivity index (χ1) is 8.37. The van der Waals surface area contributed by atoms with Gasteiger partial charge in [-0.05, 0) is 30.9 Å². The number of amides is 1. The summed E-state index contributed by atoms with van der Waals surface area (Å²) in [5.74, 6) is -0.147. The Kier molecular flexibility index (Phi) is 5.69. The van der Waals surface area contributed by atoms with Gasteiger partial charge in [0.25, 0.3) is 0 Å². The Morgan fingerprint density at radius 3 is 2.56 bits per heavy atom. The second-order valence-electron chi connectivity index (χ2n) is 4.47. The molecule has 3 nitrogen and oxygen atoms in total. The SMILES string of the molecule is CSC(C)CNC(=O)C(C)(N)c1ccc(Br)cc1. The first-order valence-corrected chi connectivity index (χ1v) is 7.82. The van der Waals surface area contributed by atoms with Crippen LogP contribution in [0.1, 0.15) is 19.4 Å². The van der Waals surface area contributed by atoms with Gasteiger partial charge in [0.05, 0.1) is 0 Å². The summed E-state index contributed by atoms with van der Waals surface area (Å²) in [6.07, 6.45) is 2.02. The van der Waals surface area contributed by atoms with Crippen LogP contribution >= 0.6 is 27.7 Å². The van der Waals surface area contributed by atoms with Gasteiger partial charge in [0.15, 0.2) is 0 Å². The molecule has 1 rings (SSSR count). The van der Waals surface area contributed by atoms with Crippen molar-refractivity contribution in [2.45, 2.75) is 24.6 Å². The minimum Gasteiger partial charge on any atom is -0.353 e. The molecule has 0 saturated carbocycles. The summed E-state index contributed by atoms with van der Waals surface area (Å²) < 4.78 is 0.971. The first kappa shape index (κ1) is 15.5. The predicted molar refractivity (Wildman–Crippen MR) is 81.7 cm³/mol. The molecular weight excluding hydrogens is 312 g/mol. The minimum atomic E-state index is -1.00. The van der Waals surface area contributed by atoms with Crippen molar-refractivity contribution in [3.05, 3.63) is 34.3 Å². The number of nitrogens with two attached hydrogens (primary N) is 1. The average molecular weight is 331 g/mol. The molecule has 2 atom stereocenters. The fourth-order valence-electron chi connectivity index (χ4n) is 1.43. The quantitative estimate of drug-likeness (QED) is 0.872. The van der Waals surface area contributed by atoms with E-state index in [9.17, 15) is 4.79 Å². The van der Waals surface area contributed by atoms with Gasteiger partial charge in [-0.15, -0.1) is 0 Å². The van der Waals surface area contributed by atoms with E-state index >= 15 is 0 Å².